The van der Waals surface area contributed by atoms with E-state index in [4.69, 9.17) is 5.73 Å². The van der Waals surface area contributed by atoms with Crippen LogP contribution in [-0.2, 0) is 6.54 Å². The van der Waals surface area contributed by atoms with Crippen LogP contribution in [0.1, 0.15) is 22.2 Å². The van der Waals surface area contributed by atoms with E-state index in [0.717, 1.165) is 20.8 Å². The Balaban J connectivity index is 2.26. The third-order valence-corrected chi connectivity index (χ3v) is 4.58. The Morgan fingerprint density at radius 3 is 2.57 bits per heavy atom. The summed E-state index contributed by atoms with van der Waals surface area (Å²) in [4.78, 5) is 14.9. The van der Waals surface area contributed by atoms with Crippen LogP contribution in [0.4, 0.5) is 14.5 Å². The number of nitrogens with zero attached hydrogens (tertiary/aromatic N) is 1. The minimum atomic E-state index is -1.08. The Morgan fingerprint density at radius 2 is 2.00 bits per heavy atom. The molecule has 3 nitrogen and oxygen atoms in total. The summed E-state index contributed by atoms with van der Waals surface area (Å²) in [5.74, 6) is -2.56. The van der Waals surface area contributed by atoms with Crippen LogP contribution >= 0.6 is 27.3 Å². The van der Waals surface area contributed by atoms with Crippen molar-refractivity contribution in [2.45, 2.75) is 13.5 Å². The molecule has 7 heteroatoms. The van der Waals surface area contributed by atoms with Crippen molar-refractivity contribution in [2.75, 3.05) is 12.3 Å². The molecule has 0 unspecified atom stereocenters. The van der Waals surface area contributed by atoms with E-state index >= 15 is 0 Å². The fourth-order valence-corrected chi connectivity index (χ4v) is 3.37. The summed E-state index contributed by atoms with van der Waals surface area (Å²) in [7, 11) is 0. The smallest absolute Gasteiger partial charge is 0.256 e. The molecule has 0 fully saturated rings. The fourth-order valence-electron chi connectivity index (χ4n) is 1.87. The largest absolute Gasteiger partial charge is 0.398 e. The minimum absolute atomic E-state index is 0.0219. The lowest BCUT2D eigenvalue weighted by molar-refractivity contribution is 0.0754. The quantitative estimate of drug-likeness (QED) is 0.821. The molecular weight excluding hydrogens is 362 g/mol. The molecule has 0 aliphatic heterocycles. The number of benzene rings is 1. The summed E-state index contributed by atoms with van der Waals surface area (Å²) < 4.78 is 27.3. The van der Waals surface area contributed by atoms with Gasteiger partial charge in [-0.05, 0) is 41.1 Å². The first-order chi connectivity index (χ1) is 9.92. The molecule has 0 aliphatic rings. The summed E-state index contributed by atoms with van der Waals surface area (Å²) in [5, 5.41) is 0. The molecule has 0 radical (unpaired) electrons. The highest BCUT2D eigenvalue weighted by Gasteiger charge is 2.20. The van der Waals surface area contributed by atoms with E-state index in [1.54, 1.807) is 0 Å². The molecule has 0 atom stereocenters. The first kappa shape index (κ1) is 15.9. The van der Waals surface area contributed by atoms with Crippen molar-refractivity contribution in [3.05, 3.63) is 50.1 Å². The van der Waals surface area contributed by atoms with Gasteiger partial charge in [0.25, 0.3) is 5.91 Å². The van der Waals surface area contributed by atoms with Gasteiger partial charge in [0.2, 0.25) is 0 Å². The fraction of sp³-hybridized carbons (Fsp3) is 0.214. The summed E-state index contributed by atoms with van der Waals surface area (Å²) in [6.45, 7) is 2.65. The standard InChI is InChI=1S/C14H13BrF2N2OS/c1-2-19(7-8-3-4-13(15)21-8)14(20)9-5-10(16)11(17)6-12(9)18/h3-6H,2,7,18H2,1H3. The van der Waals surface area contributed by atoms with Crippen LogP contribution in [0.3, 0.4) is 0 Å². The predicted octanol–water partition coefficient (Wildman–Crippen LogP) is 4.03. The third kappa shape index (κ3) is 3.59. The maximum absolute atomic E-state index is 13.3. The first-order valence-electron chi connectivity index (χ1n) is 6.20. The molecule has 21 heavy (non-hydrogen) atoms. The highest BCUT2D eigenvalue weighted by atomic mass is 79.9. The number of nitrogen functional groups attached to an aromatic ring is 1. The number of nitrogens with two attached hydrogens (primary N) is 1. The molecule has 1 aromatic carbocycles. The number of rotatable bonds is 4. The zero-order chi connectivity index (χ0) is 15.6. The molecule has 1 amide bonds. The SMILES string of the molecule is CCN(Cc1ccc(Br)s1)C(=O)c1cc(F)c(F)cc1N. The van der Waals surface area contributed by atoms with E-state index in [9.17, 15) is 13.6 Å². The summed E-state index contributed by atoms with van der Waals surface area (Å²) in [5.41, 5.74) is 5.54. The first-order valence-corrected chi connectivity index (χ1v) is 7.81. The number of hydrogen-bond donors (Lipinski definition) is 1. The lowest BCUT2D eigenvalue weighted by atomic mass is 10.1. The third-order valence-electron chi connectivity index (χ3n) is 2.97. The van der Waals surface area contributed by atoms with E-state index in [-0.39, 0.29) is 11.3 Å². The molecule has 1 aromatic heterocycles. The second-order valence-corrected chi connectivity index (χ2v) is 6.93. The van der Waals surface area contributed by atoms with E-state index < -0.39 is 17.5 Å². The zero-order valence-electron chi connectivity index (χ0n) is 11.2. The number of hydrogen-bond acceptors (Lipinski definition) is 3. The van der Waals surface area contributed by atoms with Crippen LogP contribution < -0.4 is 5.73 Å². The van der Waals surface area contributed by atoms with Gasteiger partial charge in [-0.1, -0.05) is 0 Å². The van der Waals surface area contributed by atoms with Crippen molar-refractivity contribution >= 4 is 38.9 Å². The Hall–Kier alpha value is -1.47. The normalized spacial score (nSPS) is 10.7. The molecule has 0 bridgehead atoms. The minimum Gasteiger partial charge on any atom is -0.398 e. The number of anilines is 1. The summed E-state index contributed by atoms with van der Waals surface area (Å²) in [6.07, 6.45) is 0. The van der Waals surface area contributed by atoms with Crippen molar-refractivity contribution in [3.63, 3.8) is 0 Å². The molecule has 2 aromatic rings. The highest BCUT2D eigenvalue weighted by molar-refractivity contribution is 9.11. The highest BCUT2D eigenvalue weighted by Crippen LogP contribution is 2.25. The monoisotopic (exact) mass is 374 g/mol. The molecule has 0 saturated heterocycles. The van der Waals surface area contributed by atoms with Gasteiger partial charge in [-0.3, -0.25) is 4.79 Å². The topological polar surface area (TPSA) is 46.3 Å². The maximum Gasteiger partial charge on any atom is 0.256 e. The number of thiophene rings is 1. The number of carbonyl (C=O) groups is 1. The van der Waals surface area contributed by atoms with Crippen LogP contribution in [-0.4, -0.2) is 17.4 Å². The Kier molecular flexibility index (Phi) is 4.95. The number of amides is 1. The second-order valence-electron chi connectivity index (χ2n) is 4.38. The van der Waals surface area contributed by atoms with Crippen LogP contribution in [0, 0.1) is 11.6 Å². The molecular formula is C14H13BrF2N2OS. The molecule has 2 rings (SSSR count). The van der Waals surface area contributed by atoms with E-state index in [1.165, 1.54) is 16.2 Å². The average Bonchev–Trinajstić information content (AvgIpc) is 2.85. The van der Waals surface area contributed by atoms with Crippen LogP contribution in [0.15, 0.2) is 28.1 Å². The van der Waals surface area contributed by atoms with Gasteiger partial charge in [-0.2, -0.15) is 0 Å². The van der Waals surface area contributed by atoms with E-state index in [1.807, 2.05) is 19.1 Å². The maximum atomic E-state index is 13.3. The summed E-state index contributed by atoms with van der Waals surface area (Å²) in [6, 6.07) is 5.47. The van der Waals surface area contributed by atoms with Gasteiger partial charge in [0.05, 0.1) is 15.9 Å². The predicted molar refractivity (Wildman–Crippen MR) is 83.2 cm³/mol. The van der Waals surface area contributed by atoms with Crippen LogP contribution in [0.25, 0.3) is 0 Å². The molecule has 0 aliphatic carbocycles. The lowest BCUT2D eigenvalue weighted by Crippen LogP contribution is -2.30. The molecule has 0 spiro atoms. The van der Waals surface area contributed by atoms with Gasteiger partial charge < -0.3 is 10.6 Å². The van der Waals surface area contributed by atoms with Crippen LogP contribution in [0.5, 0.6) is 0 Å². The van der Waals surface area contributed by atoms with Gasteiger partial charge in [0, 0.05) is 23.2 Å². The van der Waals surface area contributed by atoms with Crippen LogP contribution in [0.2, 0.25) is 0 Å². The average molecular weight is 375 g/mol. The van der Waals surface area contributed by atoms with E-state index in [0.29, 0.717) is 13.1 Å². The Labute approximate surface area is 133 Å². The second kappa shape index (κ2) is 6.53. The van der Waals surface area contributed by atoms with Gasteiger partial charge in [0.1, 0.15) is 0 Å². The molecule has 1 heterocycles. The molecule has 0 saturated carbocycles. The number of carbonyl (C=O) groups excluding carboxylic acids is 1. The van der Waals surface area contributed by atoms with Crippen molar-refractivity contribution in [3.8, 4) is 0 Å². The van der Waals surface area contributed by atoms with E-state index in [2.05, 4.69) is 15.9 Å². The lowest BCUT2D eigenvalue weighted by Gasteiger charge is -2.21. The Morgan fingerprint density at radius 1 is 1.33 bits per heavy atom. The van der Waals surface area contributed by atoms with Crippen molar-refractivity contribution in [2.24, 2.45) is 0 Å². The van der Waals surface area contributed by atoms with Crippen molar-refractivity contribution in [1.82, 2.24) is 4.90 Å². The Bertz CT molecular complexity index is 675. The van der Waals surface area contributed by atoms with Gasteiger partial charge >= 0.3 is 0 Å². The van der Waals surface area contributed by atoms with Gasteiger partial charge in [-0.15, -0.1) is 11.3 Å². The zero-order valence-corrected chi connectivity index (χ0v) is 13.6. The van der Waals surface area contributed by atoms with Crippen molar-refractivity contribution in [1.29, 1.82) is 0 Å². The molecule has 2 N–H and O–H groups in total. The number of halogens is 3. The van der Waals surface area contributed by atoms with Gasteiger partial charge in [-0.25, -0.2) is 8.78 Å². The van der Waals surface area contributed by atoms with Gasteiger partial charge in [0.15, 0.2) is 11.6 Å². The summed E-state index contributed by atoms with van der Waals surface area (Å²) >= 11 is 4.87. The van der Waals surface area contributed by atoms with Crippen molar-refractivity contribution < 1.29 is 13.6 Å². The molecule has 112 valence electrons.